The van der Waals surface area contributed by atoms with Gasteiger partial charge in [-0.15, -0.1) is 0 Å². The Kier molecular flexibility index (Phi) is 7.14. The summed E-state index contributed by atoms with van der Waals surface area (Å²) >= 11 is 6.84. The fourth-order valence-corrected chi connectivity index (χ4v) is 3.42. The molecule has 1 saturated heterocycles. The Bertz CT molecular complexity index is 568. The molecule has 1 amide bonds. The van der Waals surface area contributed by atoms with Crippen molar-refractivity contribution in [2.45, 2.75) is 0 Å². The van der Waals surface area contributed by atoms with Crippen molar-refractivity contribution in [2.24, 2.45) is 0 Å². The van der Waals surface area contributed by atoms with Crippen LogP contribution in [0.5, 0.6) is 11.5 Å². The zero-order chi connectivity index (χ0) is 17.5. The number of thiocarbonyl (C=S) groups is 1. The van der Waals surface area contributed by atoms with E-state index in [4.69, 9.17) is 21.7 Å². The van der Waals surface area contributed by atoms with E-state index in [2.05, 4.69) is 17.3 Å². The van der Waals surface area contributed by atoms with E-state index in [-0.39, 0.29) is 11.7 Å². The summed E-state index contributed by atoms with van der Waals surface area (Å²) in [6.07, 6.45) is 0. The molecule has 0 unspecified atom stereocenters. The van der Waals surface area contributed by atoms with Crippen LogP contribution in [0.1, 0.15) is 0 Å². The van der Waals surface area contributed by atoms with Gasteiger partial charge < -0.3 is 24.6 Å². The molecule has 1 aliphatic rings. The number of likely N-dealkylation sites (N-methyl/N-ethyl adjacent to an activating group) is 1. The van der Waals surface area contributed by atoms with Gasteiger partial charge in [0.25, 0.3) is 0 Å². The van der Waals surface area contributed by atoms with E-state index >= 15 is 0 Å². The molecular formula is C16H24N3O3S2+. The minimum absolute atomic E-state index is 0.0996. The summed E-state index contributed by atoms with van der Waals surface area (Å²) < 4.78 is 11.2. The van der Waals surface area contributed by atoms with Crippen LogP contribution in [-0.4, -0.2) is 68.3 Å². The quantitative estimate of drug-likeness (QED) is 0.736. The lowest BCUT2D eigenvalue weighted by Crippen LogP contribution is -3.12. The highest BCUT2D eigenvalue weighted by Gasteiger charge is 2.19. The number of rotatable bonds is 5. The van der Waals surface area contributed by atoms with Crippen LogP contribution in [0.15, 0.2) is 18.2 Å². The molecule has 0 aromatic heterocycles. The normalized spacial score (nSPS) is 15.0. The van der Waals surface area contributed by atoms with Gasteiger partial charge in [0.15, 0.2) is 0 Å². The molecule has 0 atom stereocenters. The Labute approximate surface area is 152 Å². The first-order chi connectivity index (χ1) is 11.5. The third-order valence-electron chi connectivity index (χ3n) is 3.84. The van der Waals surface area contributed by atoms with Crippen molar-refractivity contribution in [3.8, 4) is 11.5 Å². The number of anilines is 1. The van der Waals surface area contributed by atoms with Crippen LogP contribution in [0, 0.1) is 0 Å². The molecule has 2 N–H and O–H groups in total. The number of amides is 1. The van der Waals surface area contributed by atoms with Crippen molar-refractivity contribution in [3.05, 3.63) is 18.2 Å². The number of hydrogen-bond acceptors (Lipinski definition) is 5. The zero-order valence-corrected chi connectivity index (χ0v) is 15.9. The van der Waals surface area contributed by atoms with Crippen molar-refractivity contribution in [1.29, 1.82) is 0 Å². The summed E-state index contributed by atoms with van der Waals surface area (Å²) in [4.78, 5) is 15.8. The molecule has 1 fully saturated rings. The van der Waals surface area contributed by atoms with Gasteiger partial charge in [-0.3, -0.25) is 4.79 Å². The smallest absolute Gasteiger partial charge is 0.234 e. The van der Waals surface area contributed by atoms with Crippen LogP contribution in [0.4, 0.5) is 5.69 Å². The van der Waals surface area contributed by atoms with E-state index in [1.54, 1.807) is 32.4 Å². The maximum atomic E-state index is 12.2. The summed E-state index contributed by atoms with van der Waals surface area (Å²) in [5, 5.41) is 2.85. The first kappa shape index (κ1) is 18.8. The lowest BCUT2D eigenvalue weighted by Gasteiger charge is -2.31. The van der Waals surface area contributed by atoms with Gasteiger partial charge in [0, 0.05) is 23.9 Å². The summed E-state index contributed by atoms with van der Waals surface area (Å²) in [6, 6.07) is 5.27. The number of carbonyl (C=O) groups excluding carboxylic acids is 1. The number of benzene rings is 1. The highest BCUT2D eigenvalue weighted by Crippen LogP contribution is 2.25. The monoisotopic (exact) mass is 370 g/mol. The molecule has 2 rings (SSSR count). The number of thioether (sulfide) groups is 1. The molecule has 8 heteroatoms. The van der Waals surface area contributed by atoms with Crippen LogP contribution in [0.3, 0.4) is 0 Å². The maximum Gasteiger partial charge on any atom is 0.234 e. The van der Waals surface area contributed by atoms with Crippen molar-refractivity contribution in [3.63, 3.8) is 0 Å². The largest absolute Gasteiger partial charge is 0.497 e. The molecule has 0 bridgehead atoms. The first-order valence-electron chi connectivity index (χ1n) is 7.77. The number of ether oxygens (including phenoxy) is 2. The fraction of sp³-hybridized carbons (Fsp3) is 0.500. The van der Waals surface area contributed by atoms with E-state index < -0.39 is 0 Å². The van der Waals surface area contributed by atoms with Crippen LogP contribution in [-0.2, 0) is 4.79 Å². The van der Waals surface area contributed by atoms with Crippen molar-refractivity contribution >= 4 is 39.9 Å². The third kappa shape index (κ3) is 5.54. The zero-order valence-electron chi connectivity index (χ0n) is 14.3. The second kappa shape index (κ2) is 9.10. The van der Waals surface area contributed by atoms with Gasteiger partial charge in [-0.2, -0.15) is 0 Å². The van der Waals surface area contributed by atoms with Crippen molar-refractivity contribution in [1.82, 2.24) is 4.90 Å². The molecule has 24 heavy (non-hydrogen) atoms. The number of hydrogen-bond donors (Lipinski definition) is 2. The van der Waals surface area contributed by atoms with Gasteiger partial charge in [0.05, 0.1) is 53.2 Å². The van der Waals surface area contributed by atoms with Crippen LogP contribution >= 0.6 is 24.0 Å². The topological polar surface area (TPSA) is 55.2 Å². The molecule has 1 heterocycles. The minimum Gasteiger partial charge on any atom is -0.497 e. The van der Waals surface area contributed by atoms with Gasteiger partial charge in [-0.1, -0.05) is 24.0 Å². The molecule has 1 aromatic carbocycles. The van der Waals surface area contributed by atoms with Gasteiger partial charge in [0.2, 0.25) is 5.91 Å². The Morgan fingerprint density at radius 1 is 1.25 bits per heavy atom. The van der Waals surface area contributed by atoms with E-state index in [1.807, 2.05) is 0 Å². The molecule has 0 saturated carbocycles. The average molecular weight is 371 g/mol. The average Bonchev–Trinajstić information content (AvgIpc) is 2.59. The van der Waals surface area contributed by atoms with Crippen LogP contribution in [0.2, 0.25) is 0 Å². The number of methoxy groups -OCH3 is 2. The summed E-state index contributed by atoms with van der Waals surface area (Å²) in [6.45, 7) is 4.06. The summed E-state index contributed by atoms with van der Waals surface area (Å²) in [5.74, 6) is 1.45. The van der Waals surface area contributed by atoms with Gasteiger partial charge >= 0.3 is 0 Å². The number of piperazine rings is 1. The minimum atomic E-state index is -0.0996. The molecule has 6 nitrogen and oxygen atoms in total. The van der Waals surface area contributed by atoms with Crippen LogP contribution in [0.25, 0.3) is 0 Å². The van der Waals surface area contributed by atoms with Crippen molar-refractivity contribution in [2.75, 3.05) is 58.5 Å². The van der Waals surface area contributed by atoms with Gasteiger partial charge in [0.1, 0.15) is 15.8 Å². The van der Waals surface area contributed by atoms with E-state index in [9.17, 15) is 4.79 Å². The molecule has 132 valence electrons. The Balaban J connectivity index is 1.84. The van der Waals surface area contributed by atoms with E-state index in [1.165, 1.54) is 16.7 Å². The third-order valence-corrected chi connectivity index (χ3v) is 5.36. The first-order valence-corrected chi connectivity index (χ1v) is 9.17. The van der Waals surface area contributed by atoms with Gasteiger partial charge in [-0.25, -0.2) is 0 Å². The molecule has 1 aliphatic heterocycles. The van der Waals surface area contributed by atoms with E-state index in [0.29, 0.717) is 17.2 Å². The number of nitrogens with one attached hydrogen (secondary N) is 2. The molecule has 0 aliphatic carbocycles. The lowest BCUT2D eigenvalue weighted by atomic mass is 10.2. The summed E-state index contributed by atoms with van der Waals surface area (Å²) in [7, 11) is 5.34. The molecule has 0 spiro atoms. The Hall–Kier alpha value is -1.51. The van der Waals surface area contributed by atoms with E-state index in [0.717, 1.165) is 30.5 Å². The molecule has 1 aromatic rings. The van der Waals surface area contributed by atoms with Crippen molar-refractivity contribution < 1.29 is 19.2 Å². The maximum absolute atomic E-state index is 12.2. The number of quaternary nitrogens is 1. The fourth-order valence-electron chi connectivity index (χ4n) is 2.37. The molecule has 0 radical (unpaired) electrons. The number of nitrogens with zero attached hydrogens (tertiary/aromatic N) is 1. The Morgan fingerprint density at radius 3 is 2.38 bits per heavy atom. The highest BCUT2D eigenvalue weighted by molar-refractivity contribution is 8.23. The molecular weight excluding hydrogens is 346 g/mol. The number of carbonyl (C=O) groups is 1. The van der Waals surface area contributed by atoms with Gasteiger partial charge in [-0.05, 0) is 0 Å². The standard InChI is InChI=1S/C16H23N3O3S2/c1-18-4-6-19(7-5-18)16(23)24-11-15(20)17-12-8-13(21-2)10-14(9-12)22-3/h8-10H,4-7,11H2,1-3H3,(H,17,20)/p+1. The summed E-state index contributed by atoms with van der Waals surface area (Å²) in [5.41, 5.74) is 0.644. The second-order valence-electron chi connectivity index (χ2n) is 5.65. The predicted octanol–water partition coefficient (Wildman–Crippen LogP) is 0.491. The lowest BCUT2D eigenvalue weighted by molar-refractivity contribution is -0.883. The van der Waals surface area contributed by atoms with Crippen LogP contribution < -0.4 is 19.7 Å². The predicted molar refractivity (Wildman–Crippen MR) is 101 cm³/mol. The highest BCUT2D eigenvalue weighted by atomic mass is 32.2. The second-order valence-corrected chi connectivity index (χ2v) is 7.26. The SMILES string of the molecule is COc1cc(NC(=O)CSC(=S)N2CC[NH+](C)CC2)cc(OC)c1. The Morgan fingerprint density at radius 2 is 1.83 bits per heavy atom.